The van der Waals surface area contributed by atoms with Crippen LogP contribution >= 0.6 is 15.9 Å². The highest BCUT2D eigenvalue weighted by atomic mass is 79.9. The number of ether oxygens (including phenoxy) is 1. The normalized spacial score (nSPS) is 32.2. The number of amides is 3. The van der Waals surface area contributed by atoms with Crippen LogP contribution in [0.3, 0.4) is 0 Å². The second kappa shape index (κ2) is 10.1. The number of rotatable bonds is 10. The molecule has 3 unspecified atom stereocenters. The number of fused-ring (bicyclic) bond motifs is 1. The van der Waals surface area contributed by atoms with Crippen molar-refractivity contribution in [2.45, 2.75) is 61.6 Å². The number of hydrogen-bond donors (Lipinski definition) is 3. The van der Waals surface area contributed by atoms with E-state index in [1.54, 1.807) is 12.1 Å². The summed E-state index contributed by atoms with van der Waals surface area (Å²) in [7, 11) is 0. The van der Waals surface area contributed by atoms with Gasteiger partial charge in [-0.2, -0.15) is 0 Å². The number of likely N-dealkylation sites (tertiary alicyclic amines) is 1. The Hall–Kier alpha value is -1.97. The zero-order chi connectivity index (χ0) is 23.6. The Balaban J connectivity index is 1.62. The smallest absolute Gasteiger partial charge is 0.245 e. The molecule has 2 bridgehead atoms. The first-order valence-corrected chi connectivity index (χ1v) is 12.7. The molecule has 0 aliphatic carbocycles. The molecule has 3 heterocycles. The average molecular weight is 522 g/mol. The van der Waals surface area contributed by atoms with Crippen LogP contribution in [0.15, 0.2) is 30.3 Å². The van der Waals surface area contributed by atoms with Crippen LogP contribution in [0.2, 0.25) is 0 Å². The van der Waals surface area contributed by atoms with Crippen LogP contribution in [0.25, 0.3) is 0 Å². The third kappa shape index (κ3) is 4.31. The molecule has 9 heteroatoms. The Morgan fingerprint density at radius 1 is 1.21 bits per heavy atom. The van der Waals surface area contributed by atoms with Crippen molar-refractivity contribution in [3.05, 3.63) is 30.3 Å². The predicted octanol–water partition coefficient (Wildman–Crippen LogP) is 2.06. The zero-order valence-electron chi connectivity index (χ0n) is 18.8. The van der Waals surface area contributed by atoms with E-state index in [4.69, 9.17) is 4.74 Å². The van der Waals surface area contributed by atoms with Crippen LogP contribution in [0, 0.1) is 11.8 Å². The number of carbonyl (C=O) groups is 3. The molecule has 1 aromatic rings. The van der Waals surface area contributed by atoms with Crippen molar-refractivity contribution >= 4 is 39.3 Å². The number of alkyl halides is 1. The number of carbonyl (C=O) groups excluding carboxylic acids is 3. The molecular formula is C24H32BrN3O5. The zero-order valence-corrected chi connectivity index (χ0v) is 20.4. The molecule has 3 saturated heterocycles. The maximum absolute atomic E-state index is 13.6. The molecule has 4 rings (SSSR count). The Bertz CT molecular complexity index is 884. The number of hydrogen-bond acceptors (Lipinski definition) is 5. The maximum Gasteiger partial charge on any atom is 0.245 e. The number of aliphatic hydroxyl groups excluding tert-OH is 1. The maximum atomic E-state index is 13.6. The monoisotopic (exact) mass is 521 g/mol. The summed E-state index contributed by atoms with van der Waals surface area (Å²) >= 11 is 3.66. The Labute approximate surface area is 202 Å². The largest absolute Gasteiger partial charge is 0.396 e. The van der Waals surface area contributed by atoms with E-state index in [0.717, 1.165) is 19.3 Å². The summed E-state index contributed by atoms with van der Waals surface area (Å²) in [6, 6.07) is 8.30. The molecule has 8 nitrogen and oxygen atoms in total. The molecule has 1 aromatic carbocycles. The van der Waals surface area contributed by atoms with Gasteiger partial charge in [-0.3, -0.25) is 14.4 Å². The van der Waals surface area contributed by atoms with Gasteiger partial charge in [0, 0.05) is 30.2 Å². The van der Waals surface area contributed by atoms with Gasteiger partial charge in [-0.15, -0.1) is 0 Å². The van der Waals surface area contributed by atoms with E-state index in [-0.39, 0.29) is 35.7 Å². The van der Waals surface area contributed by atoms with Gasteiger partial charge in [-0.25, -0.2) is 0 Å². The minimum absolute atomic E-state index is 0.0885. The first kappa shape index (κ1) is 24.2. The van der Waals surface area contributed by atoms with E-state index in [0.29, 0.717) is 25.1 Å². The Morgan fingerprint density at radius 2 is 1.97 bits per heavy atom. The van der Waals surface area contributed by atoms with Gasteiger partial charge < -0.3 is 25.4 Å². The number of halogens is 1. The van der Waals surface area contributed by atoms with E-state index in [9.17, 15) is 19.5 Å². The molecule has 3 aliphatic rings. The van der Waals surface area contributed by atoms with Crippen LogP contribution < -0.4 is 10.6 Å². The molecule has 3 amide bonds. The Kier molecular flexibility index (Phi) is 7.40. The molecule has 3 N–H and O–H groups in total. The number of nitrogens with zero attached hydrogens (tertiary/aromatic N) is 1. The van der Waals surface area contributed by atoms with Crippen LogP contribution in [0.4, 0.5) is 5.69 Å². The number of aliphatic hydroxyl groups is 1. The highest BCUT2D eigenvalue weighted by Gasteiger charge is 2.76. The molecule has 3 fully saturated rings. The fraction of sp³-hybridized carbons (Fsp3) is 0.625. The molecule has 1 spiro atoms. The van der Waals surface area contributed by atoms with Gasteiger partial charge in [-0.05, 0) is 31.4 Å². The number of nitrogens with one attached hydrogen (secondary N) is 2. The van der Waals surface area contributed by atoms with Gasteiger partial charge in [-0.1, -0.05) is 53.9 Å². The minimum Gasteiger partial charge on any atom is -0.396 e. The summed E-state index contributed by atoms with van der Waals surface area (Å²) in [5, 5.41) is 15.3. The quantitative estimate of drug-likeness (QED) is 0.322. The molecule has 180 valence electrons. The van der Waals surface area contributed by atoms with Gasteiger partial charge in [0.05, 0.1) is 17.9 Å². The minimum atomic E-state index is -1.06. The molecule has 33 heavy (non-hydrogen) atoms. The summed E-state index contributed by atoms with van der Waals surface area (Å²) in [5.74, 6) is -2.20. The fourth-order valence-corrected chi connectivity index (χ4v) is 6.58. The van der Waals surface area contributed by atoms with Gasteiger partial charge in [0.25, 0.3) is 0 Å². The SMILES string of the molecule is CCCCCNC(=O)C1N(CCCO)C(=O)[C@@H]2[C@@H](C(=O)Nc3ccccc3)[C@@H]3OC12CC3Br. The second-order valence-corrected chi connectivity index (χ2v) is 10.3. The lowest BCUT2D eigenvalue weighted by molar-refractivity contribution is -0.141. The van der Waals surface area contributed by atoms with E-state index < -0.39 is 29.6 Å². The molecule has 0 radical (unpaired) electrons. The van der Waals surface area contributed by atoms with Crippen molar-refractivity contribution in [1.29, 1.82) is 0 Å². The van der Waals surface area contributed by atoms with E-state index >= 15 is 0 Å². The molecule has 3 aliphatic heterocycles. The number of benzene rings is 1. The van der Waals surface area contributed by atoms with Crippen LogP contribution in [-0.2, 0) is 19.1 Å². The standard InChI is InChI=1S/C24H32BrN3O5/c1-2-3-7-11-26-22(31)20-24-14-16(25)19(33-24)17(18(24)23(32)28(20)12-8-13-29)21(30)27-15-9-5-4-6-10-15/h4-6,9-10,16-20,29H,2-3,7-8,11-14H2,1H3,(H,26,31)(H,27,30)/t16?,17-,18+,19-,20?,24?/m1/s1. The van der Waals surface area contributed by atoms with Crippen molar-refractivity contribution in [3.63, 3.8) is 0 Å². The lowest BCUT2D eigenvalue weighted by Gasteiger charge is -2.34. The average Bonchev–Trinajstić information content (AvgIpc) is 3.39. The van der Waals surface area contributed by atoms with E-state index in [1.807, 2.05) is 18.2 Å². The van der Waals surface area contributed by atoms with E-state index in [2.05, 4.69) is 33.5 Å². The highest BCUT2D eigenvalue weighted by Crippen LogP contribution is 2.60. The van der Waals surface area contributed by atoms with Crippen molar-refractivity contribution < 1.29 is 24.2 Å². The topological polar surface area (TPSA) is 108 Å². The lowest BCUT2D eigenvalue weighted by Crippen LogP contribution is -2.56. The van der Waals surface area contributed by atoms with Crippen molar-refractivity contribution in [2.24, 2.45) is 11.8 Å². The third-order valence-electron chi connectivity index (χ3n) is 7.02. The summed E-state index contributed by atoms with van der Waals surface area (Å²) in [6.45, 7) is 2.79. The van der Waals surface area contributed by atoms with Crippen molar-refractivity contribution in [3.8, 4) is 0 Å². The summed E-state index contributed by atoms with van der Waals surface area (Å²) in [5.41, 5.74) is -0.405. The summed E-state index contributed by atoms with van der Waals surface area (Å²) in [4.78, 5) is 41.7. The number of anilines is 1. The first-order valence-electron chi connectivity index (χ1n) is 11.8. The first-order chi connectivity index (χ1) is 15.9. The molecular weight excluding hydrogens is 490 g/mol. The van der Waals surface area contributed by atoms with Crippen LogP contribution in [0.5, 0.6) is 0 Å². The molecule has 6 atom stereocenters. The van der Waals surface area contributed by atoms with Gasteiger partial charge in [0.2, 0.25) is 17.7 Å². The second-order valence-electron chi connectivity index (χ2n) is 9.13. The van der Waals surface area contributed by atoms with Crippen LogP contribution in [-0.4, -0.2) is 70.0 Å². The third-order valence-corrected chi connectivity index (χ3v) is 7.86. The van der Waals surface area contributed by atoms with Crippen LogP contribution in [0.1, 0.15) is 39.0 Å². The van der Waals surface area contributed by atoms with Crippen molar-refractivity contribution in [1.82, 2.24) is 10.2 Å². The Morgan fingerprint density at radius 3 is 2.67 bits per heavy atom. The predicted molar refractivity (Wildman–Crippen MR) is 127 cm³/mol. The number of unbranched alkanes of at least 4 members (excludes halogenated alkanes) is 2. The van der Waals surface area contributed by atoms with Gasteiger partial charge in [0.15, 0.2) is 0 Å². The van der Waals surface area contributed by atoms with Crippen molar-refractivity contribution in [2.75, 3.05) is 25.0 Å². The highest BCUT2D eigenvalue weighted by molar-refractivity contribution is 9.09. The fourth-order valence-electron chi connectivity index (χ4n) is 5.64. The molecule has 0 aromatic heterocycles. The van der Waals surface area contributed by atoms with Gasteiger partial charge in [0.1, 0.15) is 11.6 Å². The number of para-hydroxylation sites is 1. The van der Waals surface area contributed by atoms with Gasteiger partial charge >= 0.3 is 0 Å². The summed E-state index contributed by atoms with van der Waals surface area (Å²) in [6.07, 6.45) is 3.26. The molecule has 0 saturated carbocycles. The summed E-state index contributed by atoms with van der Waals surface area (Å²) < 4.78 is 6.42. The van der Waals surface area contributed by atoms with E-state index in [1.165, 1.54) is 4.90 Å². The lowest BCUT2D eigenvalue weighted by atomic mass is 9.70.